The first-order valence-corrected chi connectivity index (χ1v) is 7.42. The third-order valence-electron chi connectivity index (χ3n) is 3.07. The first-order chi connectivity index (χ1) is 10.0. The fourth-order valence-electron chi connectivity index (χ4n) is 2.08. The highest BCUT2D eigenvalue weighted by atomic mass is 35.5. The van der Waals surface area contributed by atoms with Gasteiger partial charge in [0.25, 0.3) is 0 Å². The van der Waals surface area contributed by atoms with E-state index in [0.29, 0.717) is 37.7 Å². The van der Waals surface area contributed by atoms with Crippen LogP contribution in [-0.2, 0) is 16.0 Å². The van der Waals surface area contributed by atoms with Crippen LogP contribution in [0.2, 0.25) is 5.02 Å². The summed E-state index contributed by atoms with van der Waals surface area (Å²) in [5, 5.41) is -0.226. The molecule has 1 unspecified atom stereocenters. The molecule has 0 bridgehead atoms. The van der Waals surface area contributed by atoms with Crippen LogP contribution in [0.5, 0.6) is 0 Å². The molecule has 2 aromatic rings. The zero-order chi connectivity index (χ0) is 15.4. The number of nitrogens with zero attached hydrogens (tertiary/aromatic N) is 2. The minimum atomic E-state index is -0.487. The average molecular weight is 335 g/mol. The molecular weight excluding hydrogens is 318 g/mol. The Morgan fingerprint density at radius 3 is 2.76 bits per heavy atom. The highest BCUT2D eigenvalue weighted by molar-refractivity contribution is 6.31. The molecule has 1 aromatic carbocycles. The van der Waals surface area contributed by atoms with Crippen molar-refractivity contribution in [3.05, 3.63) is 28.8 Å². The molecule has 0 saturated heterocycles. The van der Waals surface area contributed by atoms with E-state index in [1.807, 2.05) is 11.5 Å². The number of alkyl halides is 1. The molecule has 1 aromatic heterocycles. The van der Waals surface area contributed by atoms with Gasteiger partial charge in [0.15, 0.2) is 0 Å². The summed E-state index contributed by atoms with van der Waals surface area (Å²) in [5.41, 5.74) is 1.29. The van der Waals surface area contributed by atoms with Crippen molar-refractivity contribution in [3.8, 4) is 0 Å². The summed E-state index contributed by atoms with van der Waals surface area (Å²) in [5.74, 6) is 0.183. The van der Waals surface area contributed by atoms with Crippen LogP contribution in [-0.4, -0.2) is 36.5 Å². The van der Waals surface area contributed by atoms with Gasteiger partial charge >= 0.3 is 0 Å². The number of ether oxygens (including phenoxy) is 2. The van der Waals surface area contributed by atoms with E-state index in [-0.39, 0.29) is 10.4 Å². The Morgan fingerprint density at radius 2 is 2.10 bits per heavy atom. The van der Waals surface area contributed by atoms with E-state index in [2.05, 4.69) is 4.98 Å². The first-order valence-electron chi connectivity index (χ1n) is 6.60. The SMILES string of the molecule is COCCOCCn1c(C(C)Cl)nc2cc(F)c(Cl)cc21. The maximum Gasteiger partial charge on any atom is 0.144 e. The number of aromatic nitrogens is 2. The molecule has 0 aliphatic carbocycles. The van der Waals surface area contributed by atoms with Crippen molar-refractivity contribution in [1.82, 2.24) is 9.55 Å². The summed E-state index contributed by atoms with van der Waals surface area (Å²) in [7, 11) is 1.62. The van der Waals surface area contributed by atoms with Crippen molar-refractivity contribution >= 4 is 34.2 Å². The summed E-state index contributed by atoms with van der Waals surface area (Å²) < 4.78 is 25.8. The molecule has 0 aliphatic heterocycles. The van der Waals surface area contributed by atoms with Gasteiger partial charge in [-0.1, -0.05) is 11.6 Å². The number of benzene rings is 1. The van der Waals surface area contributed by atoms with Crippen LogP contribution in [0.4, 0.5) is 4.39 Å². The van der Waals surface area contributed by atoms with Gasteiger partial charge in [0, 0.05) is 19.7 Å². The summed E-state index contributed by atoms with van der Waals surface area (Å²) in [6.45, 7) is 3.93. The Balaban J connectivity index is 2.26. The molecule has 1 heterocycles. The molecule has 0 spiro atoms. The van der Waals surface area contributed by atoms with Gasteiger partial charge < -0.3 is 14.0 Å². The normalized spacial score (nSPS) is 13.0. The third-order valence-corrected chi connectivity index (χ3v) is 3.55. The van der Waals surface area contributed by atoms with Crippen molar-refractivity contribution in [2.24, 2.45) is 0 Å². The molecule has 21 heavy (non-hydrogen) atoms. The molecule has 2 rings (SSSR count). The van der Waals surface area contributed by atoms with Gasteiger partial charge in [-0.15, -0.1) is 11.6 Å². The minimum absolute atomic E-state index is 0.0673. The van der Waals surface area contributed by atoms with Crippen molar-refractivity contribution < 1.29 is 13.9 Å². The van der Waals surface area contributed by atoms with Crippen LogP contribution in [0.1, 0.15) is 18.1 Å². The predicted molar refractivity (Wildman–Crippen MR) is 81.7 cm³/mol. The summed E-state index contributed by atoms with van der Waals surface area (Å²) in [6, 6.07) is 2.89. The van der Waals surface area contributed by atoms with Crippen molar-refractivity contribution in [2.75, 3.05) is 26.9 Å². The van der Waals surface area contributed by atoms with Gasteiger partial charge in [-0.3, -0.25) is 0 Å². The topological polar surface area (TPSA) is 36.3 Å². The lowest BCUT2D eigenvalue weighted by atomic mass is 10.3. The van der Waals surface area contributed by atoms with E-state index < -0.39 is 5.82 Å². The van der Waals surface area contributed by atoms with E-state index in [1.54, 1.807) is 13.2 Å². The Hall–Kier alpha value is -0.880. The Bertz CT molecular complexity index is 617. The standard InChI is InChI=1S/C14H17Cl2FN2O2/c1-9(15)14-18-12-8-11(17)10(16)7-13(12)19(14)3-4-21-6-5-20-2/h7-9H,3-6H2,1-2H3. The number of halogens is 3. The van der Waals surface area contributed by atoms with E-state index in [4.69, 9.17) is 32.7 Å². The van der Waals surface area contributed by atoms with Crippen LogP contribution in [0.15, 0.2) is 12.1 Å². The summed E-state index contributed by atoms with van der Waals surface area (Å²) in [6.07, 6.45) is 0. The van der Waals surface area contributed by atoms with Crippen LogP contribution < -0.4 is 0 Å². The Labute approximate surface area is 132 Å². The minimum Gasteiger partial charge on any atom is -0.382 e. The number of hydrogen-bond donors (Lipinski definition) is 0. The Kier molecular flexibility index (Phi) is 5.81. The van der Waals surface area contributed by atoms with Gasteiger partial charge in [0.05, 0.1) is 41.3 Å². The van der Waals surface area contributed by atoms with Crippen LogP contribution in [0, 0.1) is 5.82 Å². The fraction of sp³-hybridized carbons (Fsp3) is 0.500. The van der Waals surface area contributed by atoms with Crippen LogP contribution in [0.25, 0.3) is 11.0 Å². The maximum absolute atomic E-state index is 13.5. The van der Waals surface area contributed by atoms with Crippen molar-refractivity contribution in [2.45, 2.75) is 18.8 Å². The van der Waals surface area contributed by atoms with E-state index >= 15 is 0 Å². The second-order valence-corrected chi connectivity index (χ2v) is 5.66. The lowest BCUT2D eigenvalue weighted by molar-refractivity contribution is 0.0667. The molecule has 0 aliphatic rings. The number of fused-ring (bicyclic) bond motifs is 1. The third kappa shape index (κ3) is 3.86. The molecule has 0 N–H and O–H groups in total. The molecule has 0 amide bonds. The maximum atomic E-state index is 13.5. The first kappa shape index (κ1) is 16.5. The van der Waals surface area contributed by atoms with Gasteiger partial charge in [0.2, 0.25) is 0 Å². The smallest absolute Gasteiger partial charge is 0.144 e. The van der Waals surface area contributed by atoms with E-state index in [9.17, 15) is 4.39 Å². The van der Waals surface area contributed by atoms with Crippen molar-refractivity contribution in [1.29, 1.82) is 0 Å². The van der Waals surface area contributed by atoms with Gasteiger partial charge in [-0.25, -0.2) is 9.37 Å². The molecular formula is C14H17Cl2FN2O2. The highest BCUT2D eigenvalue weighted by Gasteiger charge is 2.16. The summed E-state index contributed by atoms with van der Waals surface area (Å²) in [4.78, 5) is 4.38. The molecule has 4 nitrogen and oxygen atoms in total. The van der Waals surface area contributed by atoms with Crippen LogP contribution >= 0.6 is 23.2 Å². The lowest BCUT2D eigenvalue weighted by Gasteiger charge is -2.11. The molecule has 0 fully saturated rings. The van der Waals surface area contributed by atoms with Gasteiger partial charge in [0.1, 0.15) is 11.6 Å². The largest absolute Gasteiger partial charge is 0.382 e. The van der Waals surface area contributed by atoms with E-state index in [1.165, 1.54) is 6.07 Å². The zero-order valence-electron chi connectivity index (χ0n) is 11.9. The van der Waals surface area contributed by atoms with E-state index in [0.717, 1.165) is 5.52 Å². The second-order valence-electron chi connectivity index (χ2n) is 4.60. The molecule has 116 valence electrons. The Morgan fingerprint density at radius 1 is 1.33 bits per heavy atom. The molecule has 0 saturated carbocycles. The number of imidazole rings is 1. The van der Waals surface area contributed by atoms with Crippen molar-refractivity contribution in [3.63, 3.8) is 0 Å². The van der Waals surface area contributed by atoms with Gasteiger partial charge in [-0.05, 0) is 13.0 Å². The number of rotatable bonds is 7. The monoisotopic (exact) mass is 334 g/mol. The second kappa shape index (κ2) is 7.40. The quantitative estimate of drug-likeness (QED) is 0.571. The molecule has 1 atom stereocenters. The summed E-state index contributed by atoms with van der Waals surface area (Å²) >= 11 is 12.0. The molecule has 7 heteroatoms. The molecule has 0 radical (unpaired) electrons. The number of methoxy groups -OCH3 is 1. The highest BCUT2D eigenvalue weighted by Crippen LogP contribution is 2.28. The van der Waals surface area contributed by atoms with Crippen LogP contribution in [0.3, 0.4) is 0 Å². The zero-order valence-corrected chi connectivity index (χ0v) is 13.4. The predicted octanol–water partition coefficient (Wildman–Crippen LogP) is 3.79. The lowest BCUT2D eigenvalue weighted by Crippen LogP contribution is -2.12. The van der Waals surface area contributed by atoms with Gasteiger partial charge in [-0.2, -0.15) is 0 Å². The average Bonchev–Trinajstić information content (AvgIpc) is 2.77. The number of hydrogen-bond acceptors (Lipinski definition) is 3. The fourth-order valence-corrected chi connectivity index (χ4v) is 2.40.